The van der Waals surface area contributed by atoms with Crippen LogP contribution < -0.4 is 16.0 Å². The van der Waals surface area contributed by atoms with E-state index in [4.69, 9.17) is 10.8 Å². The lowest BCUT2D eigenvalue weighted by Gasteiger charge is -2.22. The summed E-state index contributed by atoms with van der Waals surface area (Å²) in [6.07, 6.45) is 12.5. The molecule has 2 aromatic carbocycles. The van der Waals surface area contributed by atoms with Crippen molar-refractivity contribution in [3.8, 4) is 22.4 Å². The summed E-state index contributed by atoms with van der Waals surface area (Å²) >= 11 is 4.51. The van der Waals surface area contributed by atoms with Gasteiger partial charge in [-0.2, -0.15) is 0 Å². The standard InChI is InChI=1S/C45H60N6S/c1-9-31(4)43-39(24-35(29-48-43)22-33-15-13-18-47-28-33)44-40(27-45(6,7)8)38-26-36(16-17-42(38)51(44)10-2)37-21-30(3)20-34(23-37)25-41(50-52)32(5)14-11-12-19-49-46/h13,15-18,20-21,23-24,26,28-29,31,41,49-50,52H,5,9-12,14,19,22,25,27,46H2,1-4,6-8H3. The highest BCUT2D eigenvalue weighted by Crippen LogP contribution is 2.42. The first-order valence-electron chi connectivity index (χ1n) is 19.1. The zero-order chi connectivity index (χ0) is 37.4. The summed E-state index contributed by atoms with van der Waals surface area (Å²) in [4.78, 5) is 9.58. The Kier molecular flexibility index (Phi) is 13.5. The van der Waals surface area contributed by atoms with Gasteiger partial charge in [0.15, 0.2) is 0 Å². The lowest BCUT2D eigenvalue weighted by Crippen LogP contribution is -2.26. The second-order valence-electron chi connectivity index (χ2n) is 15.8. The number of aromatic nitrogens is 3. The van der Waals surface area contributed by atoms with Crippen LogP contribution in [0, 0.1) is 12.3 Å². The highest BCUT2D eigenvalue weighted by atomic mass is 32.1. The third kappa shape index (κ3) is 9.61. The van der Waals surface area contributed by atoms with Crippen LogP contribution in [0.1, 0.15) is 107 Å². The average Bonchev–Trinajstić information content (AvgIpc) is 3.43. The number of fused-ring (bicyclic) bond motifs is 1. The minimum Gasteiger partial charge on any atom is -0.340 e. The Morgan fingerprint density at radius 2 is 1.79 bits per heavy atom. The third-order valence-electron chi connectivity index (χ3n) is 10.3. The molecule has 6 nitrogen and oxygen atoms in total. The highest BCUT2D eigenvalue weighted by Gasteiger charge is 2.26. The lowest BCUT2D eigenvalue weighted by molar-refractivity contribution is 0.412. The van der Waals surface area contributed by atoms with E-state index in [9.17, 15) is 0 Å². The van der Waals surface area contributed by atoms with Gasteiger partial charge < -0.3 is 4.57 Å². The molecule has 0 aliphatic heterocycles. The van der Waals surface area contributed by atoms with E-state index >= 15 is 0 Å². The van der Waals surface area contributed by atoms with Crippen LogP contribution in [0.3, 0.4) is 0 Å². The Hall–Kier alpha value is -3.75. The van der Waals surface area contributed by atoms with Crippen LogP contribution in [0.15, 0.2) is 85.3 Å². The molecule has 3 aromatic heterocycles. The molecule has 5 aromatic rings. The van der Waals surface area contributed by atoms with Crippen molar-refractivity contribution in [1.82, 2.24) is 24.7 Å². The number of benzene rings is 2. The normalized spacial score (nSPS) is 13.1. The maximum atomic E-state index is 5.47. The first-order chi connectivity index (χ1) is 25.0. The molecule has 276 valence electrons. The molecule has 0 aliphatic carbocycles. The van der Waals surface area contributed by atoms with Gasteiger partial charge in [0.2, 0.25) is 0 Å². The van der Waals surface area contributed by atoms with Gasteiger partial charge >= 0.3 is 0 Å². The van der Waals surface area contributed by atoms with Gasteiger partial charge in [-0.3, -0.25) is 26.0 Å². The van der Waals surface area contributed by atoms with Gasteiger partial charge in [-0.05, 0) is 121 Å². The van der Waals surface area contributed by atoms with Crippen molar-refractivity contribution in [2.24, 2.45) is 11.3 Å². The van der Waals surface area contributed by atoms with Gasteiger partial charge in [0.05, 0.1) is 11.4 Å². The van der Waals surface area contributed by atoms with Crippen molar-refractivity contribution in [1.29, 1.82) is 0 Å². The van der Waals surface area contributed by atoms with Gasteiger partial charge in [0.1, 0.15) is 0 Å². The van der Waals surface area contributed by atoms with Crippen molar-refractivity contribution in [2.45, 2.75) is 112 Å². The molecule has 3 heterocycles. The average molecular weight is 717 g/mol. The molecular formula is C45H60N6S. The first-order valence-corrected chi connectivity index (χ1v) is 19.6. The zero-order valence-electron chi connectivity index (χ0n) is 32.5. The summed E-state index contributed by atoms with van der Waals surface area (Å²) < 4.78 is 5.77. The predicted molar refractivity (Wildman–Crippen MR) is 225 cm³/mol. The maximum Gasteiger partial charge on any atom is 0.0542 e. The van der Waals surface area contributed by atoms with Gasteiger partial charge in [0.25, 0.3) is 0 Å². The number of rotatable bonds is 17. The Bertz CT molecular complexity index is 1950. The molecular weight excluding hydrogens is 657 g/mol. The minimum absolute atomic E-state index is 0.0868. The van der Waals surface area contributed by atoms with Crippen LogP contribution in [0.25, 0.3) is 33.3 Å². The van der Waals surface area contributed by atoms with E-state index in [-0.39, 0.29) is 11.5 Å². The molecule has 4 N–H and O–H groups in total. The van der Waals surface area contributed by atoms with Crippen molar-refractivity contribution in [3.05, 3.63) is 119 Å². The summed E-state index contributed by atoms with van der Waals surface area (Å²) in [6, 6.07) is 20.7. The summed E-state index contributed by atoms with van der Waals surface area (Å²) in [6.45, 7) is 22.2. The number of aryl methyl sites for hydroxylation is 2. The number of hydrogen-bond donors (Lipinski definition) is 4. The van der Waals surface area contributed by atoms with Crippen LogP contribution in [-0.4, -0.2) is 27.1 Å². The maximum absolute atomic E-state index is 5.47. The Balaban J connectivity index is 1.62. The third-order valence-corrected chi connectivity index (χ3v) is 10.6. The monoisotopic (exact) mass is 716 g/mol. The molecule has 0 bridgehead atoms. The van der Waals surface area contributed by atoms with Gasteiger partial charge in [-0.25, -0.2) is 0 Å². The molecule has 0 amide bonds. The topological polar surface area (TPSA) is 80.8 Å². The van der Waals surface area contributed by atoms with E-state index in [1.165, 1.54) is 72.4 Å². The van der Waals surface area contributed by atoms with Crippen molar-refractivity contribution in [3.63, 3.8) is 0 Å². The number of pyridine rings is 2. The number of hydrogen-bond acceptors (Lipinski definition) is 6. The number of hydrazine groups is 1. The van der Waals surface area contributed by atoms with Crippen molar-refractivity contribution >= 4 is 23.7 Å². The lowest BCUT2D eigenvalue weighted by atomic mass is 9.84. The van der Waals surface area contributed by atoms with Crippen molar-refractivity contribution < 1.29 is 0 Å². The van der Waals surface area contributed by atoms with Gasteiger partial charge in [0, 0.05) is 60.6 Å². The molecule has 0 spiro atoms. The van der Waals surface area contributed by atoms with Crippen LogP contribution in [0.5, 0.6) is 0 Å². The largest absolute Gasteiger partial charge is 0.340 e. The Morgan fingerprint density at radius 1 is 0.981 bits per heavy atom. The molecule has 0 saturated heterocycles. The van der Waals surface area contributed by atoms with Crippen LogP contribution in [0.2, 0.25) is 0 Å². The van der Waals surface area contributed by atoms with Crippen LogP contribution >= 0.6 is 12.8 Å². The highest BCUT2D eigenvalue weighted by molar-refractivity contribution is 7.78. The van der Waals surface area contributed by atoms with Crippen LogP contribution in [0.4, 0.5) is 0 Å². The van der Waals surface area contributed by atoms with Crippen molar-refractivity contribution in [2.75, 3.05) is 6.54 Å². The SMILES string of the molecule is C=C(CCCCNN)C(Cc1cc(C)cc(-c2ccc3c(c2)c(CC(C)(C)C)c(-c2cc(Cc4cccnc4)cnc2C(C)CC)n3CC)c1)NS. The Labute approximate surface area is 318 Å². The second kappa shape index (κ2) is 17.8. The fourth-order valence-corrected chi connectivity index (χ4v) is 7.77. The molecule has 2 atom stereocenters. The van der Waals surface area contributed by atoms with E-state index in [0.717, 1.165) is 58.0 Å². The van der Waals surface area contributed by atoms with E-state index in [1.54, 1.807) is 0 Å². The number of nitrogens with two attached hydrogens (primary N) is 1. The molecule has 0 radical (unpaired) electrons. The number of nitrogens with one attached hydrogen (secondary N) is 2. The van der Waals surface area contributed by atoms with Crippen LogP contribution in [-0.2, 0) is 25.8 Å². The fraction of sp³-hybridized carbons (Fsp3) is 0.422. The number of unbranched alkanes of at least 4 members (excludes halogenated alkanes) is 1. The molecule has 0 saturated carbocycles. The molecule has 2 unspecified atom stereocenters. The summed E-state index contributed by atoms with van der Waals surface area (Å²) in [5, 5.41) is 1.33. The van der Waals surface area contributed by atoms with E-state index in [2.05, 4.69) is 142 Å². The van der Waals surface area contributed by atoms with Gasteiger partial charge in [-0.15, -0.1) is 0 Å². The Morgan fingerprint density at radius 3 is 2.46 bits per heavy atom. The summed E-state index contributed by atoms with van der Waals surface area (Å²) in [5.74, 6) is 5.80. The predicted octanol–water partition coefficient (Wildman–Crippen LogP) is 10.3. The zero-order valence-corrected chi connectivity index (χ0v) is 33.4. The summed E-state index contributed by atoms with van der Waals surface area (Å²) in [7, 11) is 0. The van der Waals surface area contributed by atoms with Gasteiger partial charge in [-0.1, -0.05) is 95.5 Å². The molecule has 0 aliphatic rings. The van der Waals surface area contributed by atoms with E-state index in [0.29, 0.717) is 5.92 Å². The first kappa shape index (κ1) is 39.5. The molecule has 7 heteroatoms. The quantitative estimate of drug-likeness (QED) is 0.0253. The van der Waals surface area contributed by atoms with E-state index in [1.807, 2.05) is 18.5 Å². The smallest absolute Gasteiger partial charge is 0.0542 e. The fourth-order valence-electron chi connectivity index (χ4n) is 7.50. The minimum atomic E-state index is 0.0868. The number of thiol groups is 1. The second-order valence-corrected chi connectivity index (χ2v) is 16.1. The number of nitrogens with zero attached hydrogens (tertiary/aromatic N) is 3. The molecule has 5 rings (SSSR count). The van der Waals surface area contributed by atoms with E-state index < -0.39 is 0 Å². The molecule has 0 fully saturated rings. The summed E-state index contributed by atoms with van der Waals surface area (Å²) in [5.41, 5.74) is 17.9. The molecule has 52 heavy (non-hydrogen) atoms.